The fraction of sp³-hybridized carbons (Fsp3) is 0.500. The van der Waals surface area contributed by atoms with Gasteiger partial charge in [-0.15, -0.1) is 0 Å². The number of esters is 1. The molecule has 1 atom stereocenters. The largest absolute Gasteiger partial charge is 0.465 e. The van der Waals surface area contributed by atoms with Crippen LogP contribution in [0.1, 0.15) is 33.8 Å². The number of aryl methyl sites for hydroxylation is 1. The van der Waals surface area contributed by atoms with Gasteiger partial charge in [0.15, 0.2) is 0 Å². The zero-order chi connectivity index (χ0) is 14.0. The lowest BCUT2D eigenvalue weighted by Crippen LogP contribution is -2.43. The first kappa shape index (κ1) is 13.9. The molecule has 0 saturated carbocycles. The molecule has 1 aromatic carbocycles. The Morgan fingerprint density at radius 1 is 1.47 bits per heavy atom. The standard InChI is InChI=1S/C14H17F2NO2/c1-9-7-10(13(18)19-2)3-4-11(9)12-8-17-6-5-14(12,15)16/h3-4,7,12,17H,5-6,8H2,1-2H3/t12-/m0/s1. The third kappa shape index (κ3) is 2.76. The molecule has 1 saturated heterocycles. The van der Waals surface area contributed by atoms with Crippen LogP contribution in [0.15, 0.2) is 18.2 Å². The molecule has 0 spiro atoms. The van der Waals surface area contributed by atoms with Gasteiger partial charge < -0.3 is 10.1 Å². The molecule has 104 valence electrons. The number of rotatable bonds is 2. The Labute approximate surface area is 111 Å². The summed E-state index contributed by atoms with van der Waals surface area (Å²) in [4.78, 5) is 11.4. The first-order valence-corrected chi connectivity index (χ1v) is 6.23. The summed E-state index contributed by atoms with van der Waals surface area (Å²) in [5.74, 6) is -4.00. The van der Waals surface area contributed by atoms with Crippen molar-refractivity contribution in [3.63, 3.8) is 0 Å². The molecule has 0 bridgehead atoms. The van der Waals surface area contributed by atoms with Crippen molar-refractivity contribution in [2.45, 2.75) is 25.2 Å². The molecule has 0 amide bonds. The van der Waals surface area contributed by atoms with Crippen LogP contribution in [0.5, 0.6) is 0 Å². The second-order valence-electron chi connectivity index (χ2n) is 4.83. The third-order valence-electron chi connectivity index (χ3n) is 3.56. The molecule has 1 aliphatic rings. The highest BCUT2D eigenvalue weighted by Crippen LogP contribution is 2.39. The summed E-state index contributed by atoms with van der Waals surface area (Å²) in [5.41, 5.74) is 1.66. The smallest absolute Gasteiger partial charge is 0.337 e. The van der Waals surface area contributed by atoms with Crippen LogP contribution in [0.3, 0.4) is 0 Å². The molecule has 1 aromatic rings. The Kier molecular flexibility index (Phi) is 3.85. The van der Waals surface area contributed by atoms with Gasteiger partial charge in [0.2, 0.25) is 0 Å². The van der Waals surface area contributed by atoms with Gasteiger partial charge in [-0.2, -0.15) is 0 Å². The highest BCUT2D eigenvalue weighted by molar-refractivity contribution is 5.89. The average Bonchev–Trinajstić information content (AvgIpc) is 2.38. The number of ether oxygens (including phenoxy) is 1. The van der Waals surface area contributed by atoms with E-state index in [4.69, 9.17) is 0 Å². The number of hydrogen-bond donors (Lipinski definition) is 1. The molecule has 1 fully saturated rings. The van der Waals surface area contributed by atoms with Crippen molar-refractivity contribution in [2.24, 2.45) is 0 Å². The van der Waals surface area contributed by atoms with E-state index in [1.54, 1.807) is 25.1 Å². The molecule has 0 radical (unpaired) electrons. The Hall–Kier alpha value is -1.49. The minimum atomic E-state index is -2.71. The number of nitrogens with one attached hydrogen (secondary N) is 1. The monoisotopic (exact) mass is 269 g/mol. The van der Waals surface area contributed by atoms with E-state index in [0.29, 0.717) is 23.2 Å². The van der Waals surface area contributed by atoms with Crippen molar-refractivity contribution < 1.29 is 18.3 Å². The van der Waals surface area contributed by atoms with E-state index in [-0.39, 0.29) is 13.0 Å². The molecule has 5 heteroatoms. The molecule has 1 heterocycles. The van der Waals surface area contributed by atoms with Crippen molar-refractivity contribution in [3.8, 4) is 0 Å². The fourth-order valence-corrected chi connectivity index (χ4v) is 2.47. The summed E-state index contributed by atoms with van der Waals surface area (Å²) in [6.07, 6.45) is -0.157. The first-order chi connectivity index (χ1) is 8.95. The predicted octanol–water partition coefficient (Wildman–Crippen LogP) is 2.49. The van der Waals surface area contributed by atoms with E-state index in [1.165, 1.54) is 7.11 Å². The van der Waals surface area contributed by atoms with Crippen LogP contribution in [-0.4, -0.2) is 32.1 Å². The molecular formula is C14H17F2NO2. The SMILES string of the molecule is COC(=O)c1ccc([C@@H]2CNCCC2(F)F)c(C)c1. The Bertz CT molecular complexity index is 488. The van der Waals surface area contributed by atoms with E-state index in [9.17, 15) is 13.6 Å². The molecular weight excluding hydrogens is 252 g/mol. The van der Waals surface area contributed by atoms with E-state index in [0.717, 1.165) is 0 Å². The maximum Gasteiger partial charge on any atom is 0.337 e. The summed E-state index contributed by atoms with van der Waals surface area (Å²) in [6.45, 7) is 2.33. The molecule has 19 heavy (non-hydrogen) atoms. The predicted molar refractivity (Wildman–Crippen MR) is 67.7 cm³/mol. The summed E-state index contributed by atoms with van der Waals surface area (Å²) in [6, 6.07) is 4.75. The van der Waals surface area contributed by atoms with Gasteiger partial charge in [0.05, 0.1) is 18.6 Å². The average molecular weight is 269 g/mol. The molecule has 1 N–H and O–H groups in total. The second-order valence-corrected chi connectivity index (χ2v) is 4.83. The number of halogens is 2. The highest BCUT2D eigenvalue weighted by Gasteiger charge is 2.42. The van der Waals surface area contributed by atoms with Crippen LogP contribution in [0.25, 0.3) is 0 Å². The van der Waals surface area contributed by atoms with Crippen molar-refractivity contribution >= 4 is 5.97 Å². The van der Waals surface area contributed by atoms with Crippen LogP contribution >= 0.6 is 0 Å². The van der Waals surface area contributed by atoms with Gasteiger partial charge in [0.25, 0.3) is 5.92 Å². The van der Waals surface area contributed by atoms with Crippen LogP contribution in [-0.2, 0) is 4.74 Å². The molecule has 3 nitrogen and oxygen atoms in total. The van der Waals surface area contributed by atoms with Gasteiger partial charge in [-0.3, -0.25) is 0 Å². The Morgan fingerprint density at radius 3 is 2.79 bits per heavy atom. The molecule has 0 aliphatic carbocycles. The van der Waals surface area contributed by atoms with Crippen LogP contribution in [0, 0.1) is 6.92 Å². The number of piperidine rings is 1. The van der Waals surface area contributed by atoms with E-state index in [2.05, 4.69) is 10.1 Å². The van der Waals surface area contributed by atoms with Gasteiger partial charge in [0.1, 0.15) is 0 Å². The number of carbonyl (C=O) groups is 1. The quantitative estimate of drug-likeness (QED) is 0.838. The first-order valence-electron chi connectivity index (χ1n) is 6.23. The number of hydrogen-bond acceptors (Lipinski definition) is 3. The second kappa shape index (κ2) is 5.25. The maximum absolute atomic E-state index is 13.9. The normalized spacial score (nSPS) is 22.0. The lowest BCUT2D eigenvalue weighted by molar-refractivity contribution is -0.0481. The van der Waals surface area contributed by atoms with Gasteiger partial charge in [-0.1, -0.05) is 6.07 Å². The van der Waals surface area contributed by atoms with Crippen molar-refractivity contribution in [2.75, 3.05) is 20.2 Å². The Balaban J connectivity index is 2.32. The zero-order valence-corrected chi connectivity index (χ0v) is 11.0. The summed E-state index contributed by atoms with van der Waals surface area (Å²) in [7, 11) is 1.30. The molecule has 0 aromatic heterocycles. The van der Waals surface area contributed by atoms with Crippen molar-refractivity contribution in [1.29, 1.82) is 0 Å². The topological polar surface area (TPSA) is 38.3 Å². The fourth-order valence-electron chi connectivity index (χ4n) is 2.47. The number of benzene rings is 1. The van der Waals surface area contributed by atoms with Crippen LogP contribution < -0.4 is 5.32 Å². The summed E-state index contributed by atoms with van der Waals surface area (Å²) < 4.78 is 32.5. The molecule has 1 aliphatic heterocycles. The third-order valence-corrected chi connectivity index (χ3v) is 3.56. The number of alkyl halides is 2. The van der Waals surface area contributed by atoms with E-state index in [1.807, 2.05) is 0 Å². The number of methoxy groups -OCH3 is 1. The highest BCUT2D eigenvalue weighted by atomic mass is 19.3. The van der Waals surface area contributed by atoms with Crippen LogP contribution in [0.4, 0.5) is 8.78 Å². The van der Waals surface area contributed by atoms with E-state index >= 15 is 0 Å². The van der Waals surface area contributed by atoms with Gasteiger partial charge in [0, 0.05) is 19.5 Å². The van der Waals surface area contributed by atoms with E-state index < -0.39 is 17.8 Å². The Morgan fingerprint density at radius 2 is 2.21 bits per heavy atom. The lowest BCUT2D eigenvalue weighted by Gasteiger charge is -2.33. The zero-order valence-electron chi connectivity index (χ0n) is 11.0. The minimum Gasteiger partial charge on any atom is -0.465 e. The van der Waals surface area contributed by atoms with Gasteiger partial charge in [-0.05, 0) is 30.2 Å². The molecule has 2 rings (SSSR count). The van der Waals surface area contributed by atoms with Crippen molar-refractivity contribution in [1.82, 2.24) is 5.32 Å². The van der Waals surface area contributed by atoms with Gasteiger partial charge >= 0.3 is 5.97 Å². The van der Waals surface area contributed by atoms with Crippen molar-refractivity contribution in [3.05, 3.63) is 34.9 Å². The number of carbonyl (C=O) groups excluding carboxylic acids is 1. The maximum atomic E-state index is 13.9. The summed E-state index contributed by atoms with van der Waals surface area (Å²) in [5, 5.41) is 2.99. The lowest BCUT2D eigenvalue weighted by atomic mass is 9.85. The van der Waals surface area contributed by atoms with Gasteiger partial charge in [-0.25, -0.2) is 13.6 Å². The van der Waals surface area contributed by atoms with Crippen LogP contribution in [0.2, 0.25) is 0 Å². The molecule has 0 unspecified atom stereocenters. The minimum absolute atomic E-state index is 0.157. The summed E-state index contributed by atoms with van der Waals surface area (Å²) >= 11 is 0.